The summed E-state index contributed by atoms with van der Waals surface area (Å²) in [6.45, 7) is 1.73. The van der Waals surface area contributed by atoms with Crippen molar-refractivity contribution in [3.63, 3.8) is 0 Å². The fraction of sp³-hybridized carbons (Fsp3) is 0.182. The zero-order valence-electron chi connectivity index (χ0n) is 8.45. The van der Waals surface area contributed by atoms with E-state index in [9.17, 15) is 5.11 Å². The van der Waals surface area contributed by atoms with Crippen LogP contribution < -0.4 is 0 Å². The molecule has 0 radical (unpaired) electrons. The van der Waals surface area contributed by atoms with Crippen LogP contribution in [0.3, 0.4) is 0 Å². The highest BCUT2D eigenvalue weighted by Crippen LogP contribution is 2.32. The molecule has 1 aromatic carbocycles. The third-order valence-corrected chi connectivity index (χ3v) is 4.53. The summed E-state index contributed by atoms with van der Waals surface area (Å²) in [4.78, 5) is 5.14. The number of aromatic nitrogens is 1. The molecule has 2 aromatic rings. The maximum absolute atomic E-state index is 9.42. The van der Waals surface area contributed by atoms with Gasteiger partial charge in [0.15, 0.2) is 0 Å². The van der Waals surface area contributed by atoms with Gasteiger partial charge in [0.2, 0.25) is 0 Å². The molecule has 1 unspecified atom stereocenters. The number of hydrogen-bond acceptors (Lipinski definition) is 3. The van der Waals surface area contributed by atoms with E-state index in [2.05, 4.69) is 20.9 Å². The number of thiazole rings is 1. The van der Waals surface area contributed by atoms with Gasteiger partial charge in [-0.15, -0.1) is 11.3 Å². The van der Waals surface area contributed by atoms with Gasteiger partial charge in [0.1, 0.15) is 5.01 Å². The van der Waals surface area contributed by atoms with Crippen molar-refractivity contribution in [1.29, 1.82) is 0 Å². The van der Waals surface area contributed by atoms with Crippen molar-refractivity contribution in [3.05, 3.63) is 38.8 Å². The SMILES string of the molecule is CC(O)c1cnc(-c2ccc(Cl)c(Br)c2)s1. The Labute approximate surface area is 111 Å². The first-order valence-electron chi connectivity index (χ1n) is 4.67. The molecule has 1 atom stereocenters. The van der Waals surface area contributed by atoms with Crippen molar-refractivity contribution in [2.75, 3.05) is 0 Å². The van der Waals surface area contributed by atoms with Crippen LogP contribution >= 0.6 is 38.9 Å². The Morgan fingerprint density at radius 3 is 2.81 bits per heavy atom. The number of hydrogen-bond donors (Lipinski definition) is 1. The molecule has 0 bridgehead atoms. The molecule has 1 heterocycles. The fourth-order valence-electron chi connectivity index (χ4n) is 1.24. The highest BCUT2D eigenvalue weighted by Gasteiger charge is 2.09. The Morgan fingerprint density at radius 1 is 1.50 bits per heavy atom. The highest BCUT2D eigenvalue weighted by atomic mass is 79.9. The Kier molecular flexibility index (Phi) is 3.64. The van der Waals surface area contributed by atoms with Gasteiger partial charge in [0.25, 0.3) is 0 Å². The lowest BCUT2D eigenvalue weighted by Crippen LogP contribution is -1.83. The van der Waals surface area contributed by atoms with Crippen molar-refractivity contribution in [2.24, 2.45) is 0 Å². The van der Waals surface area contributed by atoms with Crippen molar-refractivity contribution < 1.29 is 5.11 Å². The number of aliphatic hydroxyl groups excluding tert-OH is 1. The van der Waals surface area contributed by atoms with Crippen molar-refractivity contribution >= 4 is 38.9 Å². The van der Waals surface area contributed by atoms with E-state index in [4.69, 9.17) is 11.6 Å². The minimum Gasteiger partial charge on any atom is -0.388 e. The lowest BCUT2D eigenvalue weighted by atomic mass is 10.2. The minimum atomic E-state index is -0.470. The largest absolute Gasteiger partial charge is 0.388 e. The van der Waals surface area contributed by atoms with E-state index >= 15 is 0 Å². The third-order valence-electron chi connectivity index (χ3n) is 2.10. The number of halogens is 2. The second-order valence-corrected chi connectivity index (χ2v) is 5.70. The zero-order chi connectivity index (χ0) is 11.7. The van der Waals surface area contributed by atoms with Crippen molar-refractivity contribution in [2.45, 2.75) is 13.0 Å². The first-order chi connectivity index (χ1) is 7.58. The van der Waals surface area contributed by atoms with E-state index in [0.717, 1.165) is 19.9 Å². The molecule has 0 aliphatic carbocycles. The van der Waals surface area contributed by atoms with Crippen LogP contribution in [0.25, 0.3) is 10.6 Å². The molecular weight excluding hydrogens is 310 g/mol. The van der Waals surface area contributed by atoms with Crippen LogP contribution in [0.4, 0.5) is 0 Å². The number of nitrogens with zero attached hydrogens (tertiary/aromatic N) is 1. The Hall–Kier alpha value is -0.420. The Bertz CT molecular complexity index is 512. The maximum atomic E-state index is 9.42. The average Bonchev–Trinajstić information content (AvgIpc) is 2.71. The number of benzene rings is 1. The molecule has 0 amide bonds. The molecule has 16 heavy (non-hydrogen) atoms. The first-order valence-corrected chi connectivity index (χ1v) is 6.66. The van der Waals surface area contributed by atoms with Crippen LogP contribution in [-0.2, 0) is 0 Å². The van der Waals surface area contributed by atoms with E-state index in [-0.39, 0.29) is 0 Å². The van der Waals surface area contributed by atoms with Crippen LogP contribution in [0.1, 0.15) is 17.9 Å². The van der Waals surface area contributed by atoms with E-state index in [0.29, 0.717) is 5.02 Å². The molecule has 0 aliphatic heterocycles. The molecule has 0 saturated heterocycles. The quantitative estimate of drug-likeness (QED) is 0.896. The molecule has 84 valence electrons. The van der Waals surface area contributed by atoms with Gasteiger partial charge in [0.05, 0.1) is 16.0 Å². The summed E-state index contributed by atoms with van der Waals surface area (Å²) in [6, 6.07) is 5.66. The summed E-state index contributed by atoms with van der Waals surface area (Å²) < 4.78 is 0.848. The smallest absolute Gasteiger partial charge is 0.123 e. The molecule has 2 rings (SSSR count). The van der Waals surface area contributed by atoms with Crippen LogP contribution in [0.5, 0.6) is 0 Å². The maximum Gasteiger partial charge on any atom is 0.123 e. The zero-order valence-corrected chi connectivity index (χ0v) is 11.6. The summed E-state index contributed by atoms with van der Waals surface area (Å²) in [5.74, 6) is 0. The number of rotatable bonds is 2. The summed E-state index contributed by atoms with van der Waals surface area (Å²) in [6.07, 6.45) is 1.23. The third kappa shape index (κ3) is 2.46. The summed E-state index contributed by atoms with van der Waals surface area (Å²) >= 11 is 10.8. The van der Waals surface area contributed by atoms with Crippen LogP contribution in [0.15, 0.2) is 28.9 Å². The fourth-order valence-corrected chi connectivity index (χ4v) is 2.59. The van der Waals surface area contributed by atoms with Crippen molar-refractivity contribution in [3.8, 4) is 10.6 Å². The van der Waals surface area contributed by atoms with Gasteiger partial charge in [-0.05, 0) is 35.0 Å². The summed E-state index contributed by atoms with van der Waals surface area (Å²) in [7, 11) is 0. The number of aliphatic hydroxyl groups is 1. The lowest BCUT2D eigenvalue weighted by molar-refractivity contribution is 0.203. The average molecular weight is 319 g/mol. The highest BCUT2D eigenvalue weighted by molar-refractivity contribution is 9.10. The lowest BCUT2D eigenvalue weighted by Gasteiger charge is -1.99. The molecule has 2 nitrogen and oxygen atoms in total. The van der Waals surface area contributed by atoms with Crippen LogP contribution in [-0.4, -0.2) is 10.1 Å². The van der Waals surface area contributed by atoms with E-state index in [1.807, 2.05) is 18.2 Å². The van der Waals surface area contributed by atoms with Gasteiger partial charge in [-0.3, -0.25) is 0 Å². The second kappa shape index (κ2) is 4.84. The summed E-state index contributed by atoms with van der Waals surface area (Å²) in [5, 5.41) is 11.0. The molecular formula is C11H9BrClNOS. The standard InChI is InChI=1S/C11H9BrClNOS/c1-6(15)10-5-14-11(16-10)7-2-3-9(13)8(12)4-7/h2-6,15H,1H3. The van der Waals surface area contributed by atoms with E-state index < -0.39 is 6.10 Å². The Morgan fingerprint density at radius 2 is 2.25 bits per heavy atom. The van der Waals surface area contributed by atoms with Crippen LogP contribution in [0.2, 0.25) is 5.02 Å². The van der Waals surface area contributed by atoms with Gasteiger partial charge < -0.3 is 5.11 Å². The minimum absolute atomic E-state index is 0.470. The van der Waals surface area contributed by atoms with Gasteiger partial charge in [-0.1, -0.05) is 17.7 Å². The van der Waals surface area contributed by atoms with Gasteiger partial charge >= 0.3 is 0 Å². The predicted octanol–water partition coefficient (Wildman–Crippen LogP) is 4.28. The molecule has 1 aromatic heterocycles. The first kappa shape index (κ1) is 12.0. The molecule has 0 fully saturated rings. The molecule has 0 aliphatic rings. The van der Waals surface area contributed by atoms with Gasteiger partial charge in [-0.25, -0.2) is 4.98 Å². The Balaban J connectivity index is 2.39. The summed E-state index contributed by atoms with van der Waals surface area (Å²) in [5.41, 5.74) is 0.994. The van der Waals surface area contributed by atoms with Crippen molar-refractivity contribution in [1.82, 2.24) is 4.98 Å². The monoisotopic (exact) mass is 317 g/mol. The normalized spacial score (nSPS) is 12.8. The van der Waals surface area contributed by atoms with Gasteiger partial charge in [0, 0.05) is 16.2 Å². The topological polar surface area (TPSA) is 33.1 Å². The van der Waals surface area contributed by atoms with Crippen LogP contribution in [0, 0.1) is 0 Å². The second-order valence-electron chi connectivity index (χ2n) is 3.37. The molecule has 1 N–H and O–H groups in total. The van der Waals surface area contributed by atoms with E-state index in [1.54, 1.807) is 13.1 Å². The molecule has 0 spiro atoms. The van der Waals surface area contributed by atoms with Gasteiger partial charge in [-0.2, -0.15) is 0 Å². The predicted molar refractivity (Wildman–Crippen MR) is 70.9 cm³/mol. The molecule has 5 heteroatoms. The van der Waals surface area contributed by atoms with E-state index in [1.165, 1.54) is 11.3 Å². The molecule has 0 saturated carbocycles.